The van der Waals surface area contributed by atoms with Crippen molar-refractivity contribution in [3.05, 3.63) is 0 Å². The van der Waals surface area contributed by atoms with Crippen LogP contribution in [-0.4, -0.2) is 50.2 Å². The maximum absolute atomic E-state index is 12.6. The molecular weight excluding hydrogens is 247 g/mol. The van der Waals surface area contributed by atoms with Gasteiger partial charge in [0.05, 0.1) is 5.92 Å². The van der Waals surface area contributed by atoms with Crippen molar-refractivity contribution in [3.63, 3.8) is 0 Å². The highest BCUT2D eigenvalue weighted by atomic mass is 19.4. The topological polar surface area (TPSA) is 58.4 Å². The Morgan fingerprint density at radius 2 is 2.00 bits per heavy atom. The minimum atomic E-state index is -4.24. The number of likely N-dealkylation sites (tertiary alicyclic amines) is 1. The molecule has 0 spiro atoms. The third-order valence-corrected chi connectivity index (χ3v) is 3.43. The zero-order valence-corrected chi connectivity index (χ0v) is 10.5. The Bertz CT molecular complexity index is 275. The van der Waals surface area contributed by atoms with Gasteiger partial charge in [-0.3, -0.25) is 4.79 Å². The molecule has 0 aromatic heterocycles. The molecule has 1 saturated heterocycles. The average molecular weight is 267 g/mol. The SMILES string of the molecule is CNC(=O)C1CCN(CC(CN)C(F)(F)F)CC1. The molecule has 0 saturated carbocycles. The Labute approximate surface area is 105 Å². The van der Waals surface area contributed by atoms with Crippen LogP contribution in [0.2, 0.25) is 0 Å². The minimum absolute atomic E-state index is 0.0270. The van der Waals surface area contributed by atoms with E-state index in [1.54, 1.807) is 11.9 Å². The van der Waals surface area contributed by atoms with E-state index in [1.807, 2.05) is 0 Å². The fourth-order valence-electron chi connectivity index (χ4n) is 2.21. The number of nitrogens with one attached hydrogen (secondary N) is 1. The predicted octanol–water partition coefficient (Wildman–Crippen LogP) is 0.582. The molecule has 1 amide bonds. The number of piperidine rings is 1. The van der Waals surface area contributed by atoms with E-state index in [2.05, 4.69) is 5.32 Å². The van der Waals surface area contributed by atoms with Crippen molar-refractivity contribution in [2.45, 2.75) is 19.0 Å². The van der Waals surface area contributed by atoms with E-state index in [-0.39, 0.29) is 18.4 Å². The second-order valence-corrected chi connectivity index (χ2v) is 4.66. The van der Waals surface area contributed by atoms with E-state index < -0.39 is 18.6 Å². The van der Waals surface area contributed by atoms with Gasteiger partial charge < -0.3 is 16.0 Å². The summed E-state index contributed by atoms with van der Waals surface area (Å²) in [6.45, 7) is 0.578. The Balaban J connectivity index is 2.41. The lowest BCUT2D eigenvalue weighted by Gasteiger charge is -2.33. The first kappa shape index (κ1) is 15.2. The molecule has 7 heteroatoms. The van der Waals surface area contributed by atoms with Crippen molar-refractivity contribution in [2.24, 2.45) is 17.6 Å². The number of nitrogens with two attached hydrogens (primary N) is 1. The lowest BCUT2D eigenvalue weighted by Crippen LogP contribution is -2.45. The summed E-state index contributed by atoms with van der Waals surface area (Å²) >= 11 is 0. The fourth-order valence-corrected chi connectivity index (χ4v) is 2.21. The van der Waals surface area contributed by atoms with Crippen molar-refractivity contribution in [1.29, 1.82) is 0 Å². The first-order chi connectivity index (χ1) is 8.38. The van der Waals surface area contributed by atoms with Gasteiger partial charge in [-0.25, -0.2) is 0 Å². The van der Waals surface area contributed by atoms with Crippen LogP contribution >= 0.6 is 0 Å². The number of hydrogen-bond donors (Lipinski definition) is 2. The Hall–Kier alpha value is -0.820. The van der Waals surface area contributed by atoms with Crippen LogP contribution in [0.5, 0.6) is 0 Å². The van der Waals surface area contributed by atoms with Crippen molar-refractivity contribution in [2.75, 3.05) is 33.2 Å². The van der Waals surface area contributed by atoms with E-state index in [9.17, 15) is 18.0 Å². The van der Waals surface area contributed by atoms with E-state index in [1.165, 1.54) is 0 Å². The van der Waals surface area contributed by atoms with E-state index in [0.717, 1.165) is 0 Å². The molecule has 0 aliphatic carbocycles. The van der Waals surface area contributed by atoms with E-state index >= 15 is 0 Å². The second-order valence-electron chi connectivity index (χ2n) is 4.66. The molecule has 1 rings (SSSR count). The first-order valence-corrected chi connectivity index (χ1v) is 6.09. The molecule has 1 atom stereocenters. The number of amides is 1. The molecule has 4 nitrogen and oxygen atoms in total. The quantitative estimate of drug-likeness (QED) is 0.783. The van der Waals surface area contributed by atoms with Crippen LogP contribution in [0.15, 0.2) is 0 Å². The lowest BCUT2D eigenvalue weighted by molar-refractivity contribution is -0.177. The molecular formula is C11H20F3N3O. The number of rotatable bonds is 4. The van der Waals surface area contributed by atoms with Crippen LogP contribution in [0.25, 0.3) is 0 Å². The summed E-state index contributed by atoms with van der Waals surface area (Å²) < 4.78 is 37.7. The zero-order chi connectivity index (χ0) is 13.8. The van der Waals surface area contributed by atoms with Gasteiger partial charge in [-0.05, 0) is 25.9 Å². The average Bonchev–Trinajstić information content (AvgIpc) is 2.34. The molecule has 0 radical (unpaired) electrons. The van der Waals surface area contributed by atoms with E-state index in [4.69, 9.17) is 5.73 Å². The van der Waals surface area contributed by atoms with Crippen LogP contribution in [0.3, 0.4) is 0 Å². The predicted molar refractivity (Wildman–Crippen MR) is 61.8 cm³/mol. The Kier molecular flexibility index (Phi) is 5.40. The molecule has 18 heavy (non-hydrogen) atoms. The molecule has 0 aromatic carbocycles. The largest absolute Gasteiger partial charge is 0.394 e. The van der Waals surface area contributed by atoms with Crippen LogP contribution in [0.1, 0.15) is 12.8 Å². The van der Waals surface area contributed by atoms with Gasteiger partial charge >= 0.3 is 6.18 Å². The van der Waals surface area contributed by atoms with Crippen molar-refractivity contribution < 1.29 is 18.0 Å². The molecule has 1 aliphatic heterocycles. The summed E-state index contributed by atoms with van der Waals surface area (Å²) in [6, 6.07) is 0. The number of halogens is 3. The molecule has 1 fully saturated rings. The van der Waals surface area contributed by atoms with Gasteiger partial charge in [-0.1, -0.05) is 0 Å². The maximum Gasteiger partial charge on any atom is 0.394 e. The molecule has 1 aliphatic rings. The van der Waals surface area contributed by atoms with Crippen LogP contribution in [0, 0.1) is 11.8 Å². The number of hydrogen-bond acceptors (Lipinski definition) is 3. The van der Waals surface area contributed by atoms with Gasteiger partial charge in [0.15, 0.2) is 0 Å². The monoisotopic (exact) mass is 267 g/mol. The summed E-state index contributed by atoms with van der Waals surface area (Å²) in [4.78, 5) is 13.1. The van der Waals surface area contributed by atoms with E-state index in [0.29, 0.717) is 25.9 Å². The fraction of sp³-hybridized carbons (Fsp3) is 0.909. The Morgan fingerprint density at radius 3 is 2.39 bits per heavy atom. The highest BCUT2D eigenvalue weighted by Gasteiger charge is 2.40. The zero-order valence-electron chi connectivity index (χ0n) is 10.5. The molecule has 0 aromatic rings. The van der Waals surface area contributed by atoms with Crippen LogP contribution in [-0.2, 0) is 4.79 Å². The van der Waals surface area contributed by atoms with Crippen molar-refractivity contribution >= 4 is 5.91 Å². The molecule has 106 valence electrons. The summed E-state index contributed by atoms with van der Waals surface area (Å²) in [5.41, 5.74) is 5.16. The molecule has 1 heterocycles. The standard InChI is InChI=1S/C11H20F3N3O/c1-16-10(18)8-2-4-17(5-3-8)7-9(6-15)11(12,13)14/h8-9H,2-7,15H2,1H3,(H,16,18). The molecule has 3 N–H and O–H groups in total. The summed E-state index contributed by atoms with van der Waals surface area (Å²) in [7, 11) is 1.57. The second kappa shape index (κ2) is 6.38. The lowest BCUT2D eigenvalue weighted by atomic mass is 9.95. The third kappa shape index (κ3) is 4.13. The van der Waals surface area contributed by atoms with Gasteiger partial charge in [0.25, 0.3) is 0 Å². The first-order valence-electron chi connectivity index (χ1n) is 6.09. The third-order valence-electron chi connectivity index (χ3n) is 3.43. The van der Waals surface area contributed by atoms with Gasteiger partial charge in [-0.15, -0.1) is 0 Å². The number of carbonyl (C=O) groups is 1. The summed E-state index contributed by atoms with van der Waals surface area (Å²) in [5.74, 6) is -1.58. The maximum atomic E-state index is 12.6. The number of nitrogens with zero attached hydrogens (tertiary/aromatic N) is 1. The summed E-state index contributed by atoms with van der Waals surface area (Å²) in [6.07, 6.45) is -3.03. The van der Waals surface area contributed by atoms with Gasteiger partial charge in [0.2, 0.25) is 5.91 Å². The van der Waals surface area contributed by atoms with Crippen molar-refractivity contribution in [1.82, 2.24) is 10.2 Å². The Morgan fingerprint density at radius 1 is 1.44 bits per heavy atom. The smallest absolute Gasteiger partial charge is 0.359 e. The highest BCUT2D eigenvalue weighted by molar-refractivity contribution is 5.78. The van der Waals surface area contributed by atoms with Gasteiger partial charge in [0.1, 0.15) is 0 Å². The molecule has 0 bridgehead atoms. The van der Waals surface area contributed by atoms with Crippen LogP contribution < -0.4 is 11.1 Å². The highest BCUT2D eigenvalue weighted by Crippen LogP contribution is 2.27. The normalized spacial score (nSPS) is 20.7. The number of carbonyl (C=O) groups excluding carboxylic acids is 1. The van der Waals surface area contributed by atoms with Crippen molar-refractivity contribution in [3.8, 4) is 0 Å². The van der Waals surface area contributed by atoms with Gasteiger partial charge in [0, 0.05) is 26.1 Å². The van der Waals surface area contributed by atoms with Crippen LogP contribution in [0.4, 0.5) is 13.2 Å². The number of alkyl halides is 3. The summed E-state index contributed by atoms with van der Waals surface area (Å²) in [5, 5.41) is 2.57. The molecule has 1 unspecified atom stereocenters. The van der Waals surface area contributed by atoms with Gasteiger partial charge in [-0.2, -0.15) is 13.2 Å². The minimum Gasteiger partial charge on any atom is -0.359 e.